The van der Waals surface area contributed by atoms with Crippen molar-refractivity contribution < 1.29 is 13.6 Å². The molecule has 1 N–H and O–H groups in total. The fraction of sp³-hybridized carbons (Fsp3) is 0.0714. The third-order valence-corrected chi connectivity index (χ3v) is 4.41. The molecule has 2 aromatic carbocycles. The normalized spacial score (nSPS) is 10.4. The maximum absolute atomic E-state index is 13.6. The first-order valence-corrected chi connectivity index (χ1v) is 7.07. The van der Waals surface area contributed by atoms with Crippen LogP contribution < -0.4 is 5.32 Å². The monoisotopic (exact) mass is 407 g/mol. The van der Waals surface area contributed by atoms with E-state index in [0.29, 0.717) is 11.6 Å². The molecule has 20 heavy (non-hydrogen) atoms. The van der Waals surface area contributed by atoms with Crippen molar-refractivity contribution in [1.82, 2.24) is 0 Å². The van der Waals surface area contributed by atoms with Crippen LogP contribution in [0.15, 0.2) is 30.3 Å². The number of carbonyl (C=O) groups is 1. The predicted octanol–water partition coefficient (Wildman–Crippen LogP) is 4.78. The molecule has 0 aromatic heterocycles. The van der Waals surface area contributed by atoms with E-state index in [1.165, 1.54) is 0 Å². The van der Waals surface area contributed by atoms with E-state index in [0.717, 1.165) is 15.2 Å². The third kappa shape index (κ3) is 3.09. The lowest BCUT2D eigenvalue weighted by molar-refractivity contribution is 0.102. The van der Waals surface area contributed by atoms with Gasteiger partial charge in [-0.2, -0.15) is 0 Å². The first-order valence-electron chi connectivity index (χ1n) is 5.61. The Hall–Kier alpha value is -1.21. The number of benzene rings is 2. The van der Waals surface area contributed by atoms with Crippen molar-refractivity contribution in [3.63, 3.8) is 0 Å². The van der Waals surface area contributed by atoms with Gasteiger partial charge in [-0.3, -0.25) is 4.79 Å². The Morgan fingerprint density at radius 1 is 1.30 bits per heavy atom. The molecule has 0 heterocycles. The molecular formula is C14H9ClF2INO. The van der Waals surface area contributed by atoms with Crippen LogP contribution in [0.25, 0.3) is 0 Å². The number of hydrogen-bond acceptors (Lipinski definition) is 1. The Morgan fingerprint density at radius 2 is 2.00 bits per heavy atom. The van der Waals surface area contributed by atoms with Crippen molar-refractivity contribution in [3.05, 3.63) is 61.7 Å². The zero-order valence-electron chi connectivity index (χ0n) is 10.3. The van der Waals surface area contributed by atoms with E-state index in [1.54, 1.807) is 12.1 Å². The summed E-state index contributed by atoms with van der Waals surface area (Å²) in [5.41, 5.74) is 1.12. The van der Waals surface area contributed by atoms with Crippen LogP contribution in [0.5, 0.6) is 0 Å². The topological polar surface area (TPSA) is 29.1 Å². The Labute approximate surface area is 133 Å². The first-order chi connectivity index (χ1) is 9.40. The molecule has 0 unspecified atom stereocenters. The van der Waals surface area contributed by atoms with Crippen LogP contribution >= 0.6 is 34.2 Å². The van der Waals surface area contributed by atoms with Gasteiger partial charge in [-0.25, -0.2) is 8.78 Å². The molecule has 0 fully saturated rings. The molecule has 0 saturated heterocycles. The molecule has 6 heteroatoms. The molecule has 104 valence electrons. The number of rotatable bonds is 2. The Morgan fingerprint density at radius 3 is 2.65 bits per heavy atom. The van der Waals surface area contributed by atoms with Crippen LogP contribution in [0.2, 0.25) is 5.02 Å². The lowest BCUT2D eigenvalue weighted by atomic mass is 10.1. The predicted molar refractivity (Wildman–Crippen MR) is 83.2 cm³/mol. The van der Waals surface area contributed by atoms with Crippen molar-refractivity contribution in [2.75, 3.05) is 5.32 Å². The molecular weight excluding hydrogens is 399 g/mol. The second-order valence-corrected chi connectivity index (χ2v) is 5.62. The summed E-state index contributed by atoms with van der Waals surface area (Å²) in [7, 11) is 0. The number of nitrogens with one attached hydrogen (secondary N) is 1. The van der Waals surface area contributed by atoms with Gasteiger partial charge in [0.1, 0.15) is 5.82 Å². The SMILES string of the molecule is Cc1cccc(C(=O)Nc2c(F)cc(F)cc2Cl)c1I. The molecule has 0 aliphatic rings. The number of amides is 1. The number of carbonyl (C=O) groups excluding carboxylic acids is 1. The van der Waals surface area contributed by atoms with Gasteiger partial charge in [0.2, 0.25) is 0 Å². The highest BCUT2D eigenvalue weighted by atomic mass is 127. The zero-order chi connectivity index (χ0) is 14.9. The summed E-state index contributed by atoms with van der Waals surface area (Å²) in [5, 5.41) is 2.19. The Bertz CT molecular complexity index is 668. The largest absolute Gasteiger partial charge is 0.318 e. The van der Waals surface area contributed by atoms with E-state index in [9.17, 15) is 13.6 Å². The van der Waals surface area contributed by atoms with E-state index in [4.69, 9.17) is 11.6 Å². The minimum Gasteiger partial charge on any atom is -0.318 e. The average molecular weight is 408 g/mol. The van der Waals surface area contributed by atoms with Crippen molar-refractivity contribution in [2.24, 2.45) is 0 Å². The summed E-state index contributed by atoms with van der Waals surface area (Å²) in [6.45, 7) is 1.87. The molecule has 0 aliphatic heterocycles. The van der Waals surface area contributed by atoms with E-state index in [2.05, 4.69) is 5.32 Å². The highest BCUT2D eigenvalue weighted by Crippen LogP contribution is 2.27. The van der Waals surface area contributed by atoms with Gasteiger partial charge in [0.25, 0.3) is 5.91 Å². The maximum Gasteiger partial charge on any atom is 0.256 e. The fourth-order valence-corrected chi connectivity index (χ4v) is 2.51. The number of aryl methyl sites for hydroxylation is 1. The minimum absolute atomic E-state index is 0.182. The highest BCUT2D eigenvalue weighted by molar-refractivity contribution is 14.1. The maximum atomic E-state index is 13.6. The molecule has 0 spiro atoms. The van der Waals surface area contributed by atoms with E-state index in [1.807, 2.05) is 35.6 Å². The number of anilines is 1. The van der Waals surface area contributed by atoms with Crippen LogP contribution in [-0.4, -0.2) is 5.91 Å². The lowest BCUT2D eigenvalue weighted by Crippen LogP contribution is -2.15. The molecule has 2 rings (SSSR count). The smallest absolute Gasteiger partial charge is 0.256 e. The van der Waals surface area contributed by atoms with Crippen molar-refractivity contribution >= 4 is 45.8 Å². The van der Waals surface area contributed by atoms with Gasteiger partial charge in [0.05, 0.1) is 16.3 Å². The van der Waals surface area contributed by atoms with Crippen molar-refractivity contribution in [2.45, 2.75) is 6.92 Å². The first kappa shape index (κ1) is 15.2. The van der Waals surface area contributed by atoms with Gasteiger partial charge in [-0.15, -0.1) is 0 Å². The zero-order valence-corrected chi connectivity index (χ0v) is 13.2. The standard InChI is InChI=1S/C14H9ClF2INO/c1-7-3-2-4-9(12(7)18)14(20)19-13-10(15)5-8(16)6-11(13)17/h2-6H,1H3,(H,19,20). The number of hydrogen-bond donors (Lipinski definition) is 1. The number of halogens is 4. The van der Waals surface area contributed by atoms with Gasteiger partial charge in [-0.1, -0.05) is 23.7 Å². The second kappa shape index (κ2) is 6.05. The summed E-state index contributed by atoms with van der Waals surface area (Å²) in [6.07, 6.45) is 0. The van der Waals surface area contributed by atoms with Crippen LogP contribution in [0.4, 0.5) is 14.5 Å². The molecule has 2 nitrogen and oxygen atoms in total. The van der Waals surface area contributed by atoms with Gasteiger partial charge in [0.15, 0.2) is 5.82 Å². The van der Waals surface area contributed by atoms with E-state index in [-0.39, 0.29) is 10.7 Å². The van der Waals surface area contributed by atoms with Crippen LogP contribution in [0.3, 0.4) is 0 Å². The Kier molecular flexibility index (Phi) is 4.59. The molecule has 0 saturated carbocycles. The van der Waals surface area contributed by atoms with Gasteiger partial charge in [0, 0.05) is 9.64 Å². The summed E-state index contributed by atoms with van der Waals surface area (Å²) in [4.78, 5) is 12.1. The average Bonchev–Trinajstić information content (AvgIpc) is 2.36. The summed E-state index contributed by atoms with van der Waals surface area (Å²) in [5.74, 6) is -2.20. The van der Waals surface area contributed by atoms with Crippen molar-refractivity contribution in [1.29, 1.82) is 0 Å². The van der Waals surface area contributed by atoms with Crippen LogP contribution in [0, 0.1) is 22.1 Å². The molecule has 0 atom stereocenters. The third-order valence-electron chi connectivity index (χ3n) is 2.68. The Balaban J connectivity index is 2.36. The summed E-state index contributed by atoms with van der Waals surface area (Å²) < 4.78 is 27.3. The van der Waals surface area contributed by atoms with Crippen molar-refractivity contribution in [3.8, 4) is 0 Å². The highest BCUT2D eigenvalue weighted by Gasteiger charge is 2.16. The fourth-order valence-electron chi connectivity index (χ4n) is 1.67. The molecule has 0 aliphatic carbocycles. The quantitative estimate of drug-likeness (QED) is 0.713. The van der Waals surface area contributed by atoms with E-state index < -0.39 is 17.5 Å². The van der Waals surface area contributed by atoms with E-state index >= 15 is 0 Å². The van der Waals surface area contributed by atoms with Gasteiger partial charge >= 0.3 is 0 Å². The van der Waals surface area contributed by atoms with Crippen LogP contribution in [-0.2, 0) is 0 Å². The molecule has 0 bridgehead atoms. The van der Waals surface area contributed by atoms with Gasteiger partial charge < -0.3 is 5.32 Å². The molecule has 0 radical (unpaired) electrons. The minimum atomic E-state index is -0.911. The second-order valence-electron chi connectivity index (χ2n) is 4.14. The molecule has 2 aromatic rings. The molecule has 1 amide bonds. The summed E-state index contributed by atoms with van der Waals surface area (Å²) in [6, 6.07) is 6.84. The van der Waals surface area contributed by atoms with Gasteiger partial charge in [-0.05, 0) is 47.2 Å². The summed E-state index contributed by atoms with van der Waals surface area (Å²) >= 11 is 7.78. The lowest BCUT2D eigenvalue weighted by Gasteiger charge is -2.10. The van der Waals surface area contributed by atoms with Crippen LogP contribution in [0.1, 0.15) is 15.9 Å².